The molecule has 0 atom stereocenters. The molecule has 0 saturated carbocycles. The van der Waals surface area contributed by atoms with Crippen LogP contribution in [0.25, 0.3) is 11.1 Å². The standard InChI is InChI=1S/C16H16O5/c1-20-11-7-9-4-3-8-5-6-10(17)14(18)12(8)13(9)16(21-2)15(11)19/h5-7,17-19H,3-4H2,1-2H3. The van der Waals surface area contributed by atoms with Gasteiger partial charge < -0.3 is 24.8 Å². The molecular formula is C16H16O5. The Hall–Kier alpha value is -2.56. The Labute approximate surface area is 122 Å². The molecule has 1 aliphatic rings. The molecule has 21 heavy (non-hydrogen) atoms. The summed E-state index contributed by atoms with van der Waals surface area (Å²) in [7, 11) is 2.92. The molecule has 0 amide bonds. The molecule has 0 bridgehead atoms. The van der Waals surface area contributed by atoms with Crippen LogP contribution in [0.1, 0.15) is 11.1 Å². The molecule has 0 radical (unpaired) electrons. The summed E-state index contributed by atoms with van der Waals surface area (Å²) in [5.41, 5.74) is 2.91. The SMILES string of the molecule is COc1cc2c(c(OC)c1O)-c1c(ccc(O)c1O)CC2. The lowest BCUT2D eigenvalue weighted by Crippen LogP contribution is -2.07. The monoisotopic (exact) mass is 288 g/mol. The lowest BCUT2D eigenvalue weighted by molar-refractivity contribution is 0.339. The summed E-state index contributed by atoms with van der Waals surface area (Å²) < 4.78 is 10.5. The minimum Gasteiger partial charge on any atom is -0.504 e. The number of hydrogen-bond acceptors (Lipinski definition) is 5. The molecular weight excluding hydrogens is 272 g/mol. The maximum absolute atomic E-state index is 10.2. The quantitative estimate of drug-likeness (QED) is 0.740. The van der Waals surface area contributed by atoms with Gasteiger partial charge in [-0.15, -0.1) is 0 Å². The Morgan fingerprint density at radius 3 is 2.24 bits per heavy atom. The highest BCUT2D eigenvalue weighted by Gasteiger charge is 2.28. The second-order valence-corrected chi connectivity index (χ2v) is 4.96. The van der Waals surface area contributed by atoms with Crippen LogP contribution in [0.5, 0.6) is 28.7 Å². The van der Waals surface area contributed by atoms with Crippen LogP contribution < -0.4 is 9.47 Å². The van der Waals surface area contributed by atoms with Gasteiger partial charge in [0.05, 0.1) is 14.2 Å². The first-order chi connectivity index (χ1) is 10.1. The number of rotatable bonds is 2. The Morgan fingerprint density at radius 1 is 0.857 bits per heavy atom. The van der Waals surface area contributed by atoms with Gasteiger partial charge in [-0.25, -0.2) is 0 Å². The van der Waals surface area contributed by atoms with Gasteiger partial charge in [-0.3, -0.25) is 0 Å². The molecule has 0 aromatic heterocycles. The minimum atomic E-state index is -0.198. The molecule has 0 aliphatic heterocycles. The van der Waals surface area contributed by atoms with Crippen LogP contribution in [-0.4, -0.2) is 29.5 Å². The average molecular weight is 288 g/mol. The second-order valence-electron chi connectivity index (χ2n) is 4.96. The van der Waals surface area contributed by atoms with Crippen LogP contribution in [0.2, 0.25) is 0 Å². The first-order valence-corrected chi connectivity index (χ1v) is 6.59. The van der Waals surface area contributed by atoms with Crippen LogP contribution in [0.3, 0.4) is 0 Å². The summed E-state index contributed by atoms with van der Waals surface area (Å²) in [6, 6.07) is 4.97. The van der Waals surface area contributed by atoms with Gasteiger partial charge in [0.2, 0.25) is 5.75 Å². The third-order valence-electron chi connectivity index (χ3n) is 3.88. The fourth-order valence-electron chi connectivity index (χ4n) is 2.88. The van der Waals surface area contributed by atoms with Gasteiger partial charge >= 0.3 is 0 Å². The Kier molecular flexibility index (Phi) is 3.05. The molecule has 0 heterocycles. The van der Waals surface area contributed by atoms with Crippen molar-refractivity contribution in [2.45, 2.75) is 12.8 Å². The zero-order valence-corrected chi connectivity index (χ0v) is 11.8. The van der Waals surface area contributed by atoms with E-state index in [0.717, 1.165) is 24.0 Å². The number of phenols is 3. The molecule has 0 saturated heterocycles. The average Bonchev–Trinajstić information content (AvgIpc) is 2.50. The summed E-state index contributed by atoms with van der Waals surface area (Å²) >= 11 is 0. The number of aromatic hydroxyl groups is 3. The fourth-order valence-corrected chi connectivity index (χ4v) is 2.88. The maximum atomic E-state index is 10.2. The molecule has 5 heteroatoms. The lowest BCUT2D eigenvalue weighted by Gasteiger charge is -2.24. The van der Waals surface area contributed by atoms with Crippen molar-refractivity contribution >= 4 is 0 Å². The van der Waals surface area contributed by atoms with E-state index in [1.165, 1.54) is 20.3 Å². The van der Waals surface area contributed by atoms with Crippen LogP contribution in [0.15, 0.2) is 18.2 Å². The Morgan fingerprint density at radius 2 is 1.57 bits per heavy atom. The van der Waals surface area contributed by atoms with E-state index in [0.29, 0.717) is 16.9 Å². The lowest BCUT2D eigenvalue weighted by atomic mass is 9.84. The Bertz CT molecular complexity index is 721. The van der Waals surface area contributed by atoms with Crippen LogP contribution in [-0.2, 0) is 12.8 Å². The van der Waals surface area contributed by atoms with Crippen LogP contribution in [0, 0.1) is 0 Å². The molecule has 0 unspecified atom stereocenters. The van der Waals surface area contributed by atoms with Crippen molar-refractivity contribution in [1.29, 1.82) is 0 Å². The van der Waals surface area contributed by atoms with Gasteiger partial charge in [0, 0.05) is 11.1 Å². The van der Waals surface area contributed by atoms with Crippen molar-refractivity contribution < 1.29 is 24.8 Å². The fraction of sp³-hybridized carbons (Fsp3) is 0.250. The third kappa shape index (κ3) is 1.85. The van der Waals surface area contributed by atoms with E-state index in [4.69, 9.17) is 9.47 Å². The van der Waals surface area contributed by atoms with E-state index >= 15 is 0 Å². The number of phenolic OH excluding ortho intramolecular Hbond substituents is 3. The van der Waals surface area contributed by atoms with E-state index in [1.807, 2.05) is 0 Å². The van der Waals surface area contributed by atoms with E-state index in [9.17, 15) is 15.3 Å². The highest BCUT2D eigenvalue weighted by atomic mass is 16.5. The van der Waals surface area contributed by atoms with E-state index in [1.54, 1.807) is 12.1 Å². The van der Waals surface area contributed by atoms with Crippen molar-refractivity contribution in [2.75, 3.05) is 14.2 Å². The molecule has 0 spiro atoms. The highest BCUT2D eigenvalue weighted by Crippen LogP contribution is 2.52. The van der Waals surface area contributed by atoms with Crippen molar-refractivity contribution in [3.05, 3.63) is 29.3 Å². The molecule has 2 aromatic rings. The summed E-state index contributed by atoms with van der Waals surface area (Å²) in [5.74, 6) is 0.0597. The second kappa shape index (κ2) is 4.77. The summed E-state index contributed by atoms with van der Waals surface area (Å²) in [6.45, 7) is 0. The van der Waals surface area contributed by atoms with Gasteiger partial charge in [0.1, 0.15) is 0 Å². The zero-order chi connectivity index (χ0) is 15.1. The molecule has 110 valence electrons. The number of fused-ring (bicyclic) bond motifs is 3. The van der Waals surface area contributed by atoms with Gasteiger partial charge in [-0.1, -0.05) is 6.07 Å². The smallest absolute Gasteiger partial charge is 0.201 e. The normalized spacial score (nSPS) is 12.5. The number of benzene rings is 2. The number of hydrogen-bond donors (Lipinski definition) is 3. The van der Waals surface area contributed by atoms with Crippen molar-refractivity contribution in [3.63, 3.8) is 0 Å². The van der Waals surface area contributed by atoms with Crippen molar-refractivity contribution in [2.24, 2.45) is 0 Å². The summed E-state index contributed by atoms with van der Waals surface area (Å²) in [5, 5.41) is 30.2. The molecule has 2 aromatic carbocycles. The number of aryl methyl sites for hydroxylation is 2. The first-order valence-electron chi connectivity index (χ1n) is 6.59. The zero-order valence-electron chi connectivity index (χ0n) is 11.8. The van der Waals surface area contributed by atoms with Crippen LogP contribution >= 0.6 is 0 Å². The summed E-state index contributed by atoms with van der Waals surface area (Å²) in [4.78, 5) is 0. The maximum Gasteiger partial charge on any atom is 0.201 e. The number of ether oxygens (including phenoxy) is 2. The summed E-state index contributed by atoms with van der Waals surface area (Å²) in [6.07, 6.45) is 1.47. The van der Waals surface area contributed by atoms with Crippen molar-refractivity contribution in [3.8, 4) is 39.9 Å². The molecule has 1 aliphatic carbocycles. The predicted octanol–water partition coefficient (Wildman–Crippen LogP) is 2.59. The third-order valence-corrected chi connectivity index (χ3v) is 3.88. The number of methoxy groups -OCH3 is 2. The molecule has 0 fully saturated rings. The van der Waals surface area contributed by atoms with Gasteiger partial charge in [-0.05, 0) is 36.1 Å². The minimum absolute atomic E-state index is 0.116. The van der Waals surface area contributed by atoms with Gasteiger partial charge in [0.25, 0.3) is 0 Å². The van der Waals surface area contributed by atoms with E-state index in [2.05, 4.69) is 0 Å². The van der Waals surface area contributed by atoms with Crippen molar-refractivity contribution in [1.82, 2.24) is 0 Å². The topological polar surface area (TPSA) is 79.2 Å². The predicted molar refractivity (Wildman–Crippen MR) is 77.4 cm³/mol. The highest BCUT2D eigenvalue weighted by molar-refractivity contribution is 5.87. The van der Waals surface area contributed by atoms with Gasteiger partial charge in [-0.2, -0.15) is 0 Å². The molecule has 5 nitrogen and oxygen atoms in total. The first kappa shape index (κ1) is 13.4. The molecule has 3 N–H and O–H groups in total. The van der Waals surface area contributed by atoms with E-state index < -0.39 is 0 Å². The largest absolute Gasteiger partial charge is 0.504 e. The van der Waals surface area contributed by atoms with Gasteiger partial charge in [0.15, 0.2) is 23.0 Å². The van der Waals surface area contributed by atoms with Crippen LogP contribution in [0.4, 0.5) is 0 Å². The van der Waals surface area contributed by atoms with E-state index in [-0.39, 0.29) is 23.0 Å². The Balaban J connectivity index is 2.39. The molecule has 3 rings (SSSR count).